The summed E-state index contributed by atoms with van der Waals surface area (Å²) >= 11 is 6.53. The summed E-state index contributed by atoms with van der Waals surface area (Å²) in [4.78, 5) is 48.0. The average molecular weight is 592 g/mol. The second-order valence-corrected chi connectivity index (χ2v) is 11.9. The SMILES string of the molecule is C=CCN(Cc1ccccc1)C(=O)[C@H]1[C@H]2C(=O)N(CCCO)C(C(=O)N(CC=C)c3ccccc3Cl)C23CC[C@]1(C)O3. The molecule has 0 aromatic heterocycles. The highest BCUT2D eigenvalue weighted by Gasteiger charge is 2.78. The first kappa shape index (κ1) is 30.0. The van der Waals surface area contributed by atoms with E-state index in [1.807, 2.05) is 37.3 Å². The van der Waals surface area contributed by atoms with Crippen LogP contribution in [0.2, 0.25) is 5.02 Å². The Hall–Kier alpha value is -3.46. The van der Waals surface area contributed by atoms with Crippen molar-refractivity contribution in [2.75, 3.05) is 31.1 Å². The molecule has 2 aromatic rings. The van der Waals surface area contributed by atoms with Gasteiger partial charge in [-0.3, -0.25) is 14.4 Å². The number of benzene rings is 2. The van der Waals surface area contributed by atoms with Crippen LogP contribution < -0.4 is 4.90 Å². The molecule has 3 fully saturated rings. The lowest BCUT2D eigenvalue weighted by molar-refractivity contribution is -0.150. The topological polar surface area (TPSA) is 90.4 Å². The van der Waals surface area contributed by atoms with E-state index in [9.17, 15) is 19.5 Å². The molecule has 0 aliphatic carbocycles. The molecule has 42 heavy (non-hydrogen) atoms. The van der Waals surface area contributed by atoms with Gasteiger partial charge < -0.3 is 24.5 Å². The summed E-state index contributed by atoms with van der Waals surface area (Å²) in [6.45, 7) is 10.4. The predicted molar refractivity (Wildman–Crippen MR) is 162 cm³/mol. The molecule has 9 heteroatoms. The predicted octanol–water partition coefficient (Wildman–Crippen LogP) is 4.22. The number of aliphatic hydroxyl groups is 1. The molecule has 3 aliphatic heterocycles. The highest BCUT2D eigenvalue weighted by Crippen LogP contribution is 2.63. The molecule has 0 saturated carbocycles. The highest BCUT2D eigenvalue weighted by molar-refractivity contribution is 6.34. The van der Waals surface area contributed by atoms with E-state index >= 15 is 0 Å². The summed E-state index contributed by atoms with van der Waals surface area (Å²) < 4.78 is 6.79. The van der Waals surface area contributed by atoms with E-state index in [2.05, 4.69) is 13.2 Å². The summed E-state index contributed by atoms with van der Waals surface area (Å²) in [5, 5.41) is 10.1. The monoisotopic (exact) mass is 591 g/mol. The molecule has 3 saturated heterocycles. The van der Waals surface area contributed by atoms with Crippen LogP contribution in [0, 0.1) is 11.8 Å². The molecule has 5 atom stereocenters. The Labute approximate surface area is 252 Å². The van der Waals surface area contributed by atoms with Crippen molar-refractivity contribution in [3.05, 3.63) is 90.5 Å². The smallest absolute Gasteiger partial charge is 0.253 e. The average Bonchev–Trinajstić information content (AvgIpc) is 3.55. The highest BCUT2D eigenvalue weighted by atomic mass is 35.5. The largest absolute Gasteiger partial charge is 0.396 e. The normalized spacial score (nSPS) is 27.5. The minimum atomic E-state index is -1.19. The number of rotatable bonds is 12. The first-order valence-electron chi connectivity index (χ1n) is 14.4. The van der Waals surface area contributed by atoms with Gasteiger partial charge in [-0.1, -0.05) is 66.2 Å². The maximum absolute atomic E-state index is 14.6. The van der Waals surface area contributed by atoms with Crippen molar-refractivity contribution in [2.45, 2.75) is 50.0 Å². The lowest BCUT2D eigenvalue weighted by atomic mass is 9.66. The van der Waals surface area contributed by atoms with E-state index < -0.39 is 29.1 Å². The van der Waals surface area contributed by atoms with Crippen molar-refractivity contribution in [3.63, 3.8) is 0 Å². The lowest BCUT2D eigenvalue weighted by Gasteiger charge is -2.37. The number of carbonyl (C=O) groups excluding carboxylic acids is 3. The Morgan fingerprint density at radius 1 is 1.07 bits per heavy atom. The summed E-state index contributed by atoms with van der Waals surface area (Å²) in [6, 6.07) is 15.7. The molecule has 3 amide bonds. The molecular weight excluding hydrogens is 554 g/mol. The fourth-order valence-electron chi connectivity index (χ4n) is 7.21. The van der Waals surface area contributed by atoms with Crippen molar-refractivity contribution >= 4 is 35.0 Å². The van der Waals surface area contributed by atoms with E-state index in [0.29, 0.717) is 43.1 Å². The molecule has 2 aromatic carbocycles. The van der Waals surface area contributed by atoms with E-state index in [0.717, 1.165) is 5.56 Å². The number of fused-ring (bicyclic) bond motifs is 1. The number of hydrogen-bond donors (Lipinski definition) is 1. The molecule has 2 unspecified atom stereocenters. The summed E-state index contributed by atoms with van der Waals surface area (Å²) in [7, 11) is 0. The third kappa shape index (κ3) is 4.95. The summed E-state index contributed by atoms with van der Waals surface area (Å²) in [6.07, 6.45) is 4.58. The van der Waals surface area contributed by atoms with Gasteiger partial charge in [-0.25, -0.2) is 0 Å². The Balaban J connectivity index is 1.56. The number of ether oxygens (including phenoxy) is 1. The van der Waals surface area contributed by atoms with Crippen LogP contribution in [0.4, 0.5) is 5.69 Å². The van der Waals surface area contributed by atoms with E-state index in [1.54, 1.807) is 41.3 Å². The standard InChI is InChI=1S/C33H38ClN3O5/c1-4-18-35(22-23-12-7-6-8-13-23)29(39)26-27-30(40)37(20-11-21-38)28(33(27)17-16-32(26,3)42-33)31(41)36(19-5-2)25-15-10-9-14-24(25)34/h4-10,12-15,26-28,38H,1-2,11,16-22H2,3H3/t26-,27+,28?,32+,33?/m1/s1. The number of amides is 3. The number of halogens is 1. The molecular formula is C33H38ClN3O5. The number of aliphatic hydroxyl groups excluding tert-OH is 1. The molecule has 8 nitrogen and oxygen atoms in total. The molecule has 0 radical (unpaired) electrons. The number of nitrogens with zero attached hydrogens (tertiary/aromatic N) is 3. The van der Waals surface area contributed by atoms with Gasteiger partial charge in [-0.05, 0) is 43.9 Å². The van der Waals surface area contributed by atoms with Gasteiger partial charge in [0.2, 0.25) is 11.8 Å². The number of carbonyl (C=O) groups is 3. The third-order valence-corrected chi connectivity index (χ3v) is 9.25. The van der Waals surface area contributed by atoms with Crippen LogP contribution in [0.25, 0.3) is 0 Å². The third-order valence-electron chi connectivity index (χ3n) is 8.93. The maximum atomic E-state index is 14.6. The van der Waals surface area contributed by atoms with Crippen molar-refractivity contribution in [2.24, 2.45) is 11.8 Å². The summed E-state index contributed by atoms with van der Waals surface area (Å²) in [5.74, 6) is -2.44. The Morgan fingerprint density at radius 2 is 1.76 bits per heavy atom. The van der Waals surface area contributed by atoms with Crippen molar-refractivity contribution in [1.29, 1.82) is 0 Å². The second kappa shape index (κ2) is 12.0. The number of hydrogen-bond acceptors (Lipinski definition) is 5. The van der Waals surface area contributed by atoms with Crippen LogP contribution in [0.3, 0.4) is 0 Å². The second-order valence-electron chi connectivity index (χ2n) is 11.5. The van der Waals surface area contributed by atoms with E-state index in [1.165, 1.54) is 9.80 Å². The number of anilines is 1. The maximum Gasteiger partial charge on any atom is 0.253 e. The number of likely N-dealkylation sites (tertiary alicyclic amines) is 1. The molecule has 3 aliphatic rings. The first-order valence-corrected chi connectivity index (χ1v) is 14.8. The van der Waals surface area contributed by atoms with Gasteiger partial charge >= 0.3 is 0 Å². The van der Waals surface area contributed by atoms with Crippen LogP contribution >= 0.6 is 11.6 Å². The Kier molecular flexibility index (Phi) is 8.60. The van der Waals surface area contributed by atoms with Crippen LogP contribution in [-0.4, -0.2) is 76.1 Å². The van der Waals surface area contributed by atoms with Crippen molar-refractivity contribution < 1.29 is 24.2 Å². The molecule has 1 N–H and O–H groups in total. The van der Waals surface area contributed by atoms with Crippen molar-refractivity contribution in [1.82, 2.24) is 9.80 Å². The minimum absolute atomic E-state index is 0.144. The van der Waals surface area contributed by atoms with E-state index in [-0.39, 0.29) is 37.4 Å². The summed E-state index contributed by atoms with van der Waals surface area (Å²) in [5.41, 5.74) is -0.633. The van der Waals surface area contributed by atoms with Crippen molar-refractivity contribution in [3.8, 4) is 0 Å². The van der Waals surface area contributed by atoms with Gasteiger partial charge in [0.05, 0.1) is 28.1 Å². The Bertz CT molecular complexity index is 1370. The first-order chi connectivity index (χ1) is 20.2. The molecule has 2 bridgehead atoms. The van der Waals surface area contributed by atoms with Crippen LogP contribution in [-0.2, 0) is 25.7 Å². The molecule has 222 valence electrons. The van der Waals surface area contributed by atoms with Crippen LogP contribution in [0.15, 0.2) is 79.9 Å². The van der Waals surface area contributed by atoms with Gasteiger partial charge in [0, 0.05) is 32.8 Å². The zero-order chi connectivity index (χ0) is 30.1. The van der Waals surface area contributed by atoms with Gasteiger partial charge in [-0.15, -0.1) is 13.2 Å². The fourth-order valence-corrected chi connectivity index (χ4v) is 7.44. The van der Waals surface area contributed by atoms with Crippen LogP contribution in [0.1, 0.15) is 31.7 Å². The molecule has 5 rings (SSSR count). The van der Waals surface area contributed by atoms with E-state index in [4.69, 9.17) is 16.3 Å². The number of para-hydroxylation sites is 1. The fraction of sp³-hybridized carbons (Fsp3) is 0.424. The molecule has 1 spiro atoms. The van der Waals surface area contributed by atoms with Crippen LogP contribution in [0.5, 0.6) is 0 Å². The van der Waals surface area contributed by atoms with Gasteiger partial charge in [0.1, 0.15) is 11.6 Å². The lowest BCUT2D eigenvalue weighted by Crippen LogP contribution is -2.56. The minimum Gasteiger partial charge on any atom is -0.396 e. The quantitative estimate of drug-likeness (QED) is 0.373. The van der Waals surface area contributed by atoms with Gasteiger partial charge in [0.15, 0.2) is 0 Å². The zero-order valence-electron chi connectivity index (χ0n) is 24.0. The van der Waals surface area contributed by atoms with Gasteiger partial charge in [0.25, 0.3) is 5.91 Å². The molecule has 3 heterocycles. The Morgan fingerprint density at radius 3 is 2.43 bits per heavy atom. The van der Waals surface area contributed by atoms with Gasteiger partial charge in [-0.2, -0.15) is 0 Å². The zero-order valence-corrected chi connectivity index (χ0v) is 24.7.